The van der Waals surface area contributed by atoms with Crippen molar-refractivity contribution in [1.29, 1.82) is 0 Å². The number of aliphatic hydroxyl groups excluding tert-OH is 1. The Morgan fingerprint density at radius 1 is 0.745 bits per heavy atom. The summed E-state index contributed by atoms with van der Waals surface area (Å²) in [5, 5.41) is 26.6. The van der Waals surface area contributed by atoms with E-state index in [-0.39, 0.29) is 41.4 Å². The Morgan fingerprint density at radius 2 is 1.40 bits per heavy atom. The van der Waals surface area contributed by atoms with Gasteiger partial charge in [-0.3, -0.25) is 15.0 Å². The summed E-state index contributed by atoms with van der Waals surface area (Å²) in [6, 6.07) is 40.8. The summed E-state index contributed by atoms with van der Waals surface area (Å²) in [7, 11) is 0. The zero-order chi connectivity index (χ0) is 38.1. The maximum atomic E-state index is 12.4. The third-order valence-corrected chi connectivity index (χ3v) is 10.6. The fourth-order valence-corrected chi connectivity index (χ4v) is 7.27. The number of carbonyl (C=O) groups is 1. The minimum absolute atomic E-state index is 0.0164. The molecule has 2 aliphatic rings. The van der Waals surface area contributed by atoms with Crippen LogP contribution in [-0.2, 0) is 29.2 Å². The van der Waals surface area contributed by atoms with Crippen molar-refractivity contribution < 1.29 is 24.3 Å². The van der Waals surface area contributed by atoms with E-state index in [1.165, 1.54) is 0 Å². The first-order valence-electron chi connectivity index (χ1n) is 18.8. The van der Waals surface area contributed by atoms with Crippen LogP contribution in [0.5, 0.6) is 0 Å². The molecule has 284 valence electrons. The van der Waals surface area contributed by atoms with Crippen LogP contribution in [-0.4, -0.2) is 59.8 Å². The van der Waals surface area contributed by atoms with Gasteiger partial charge in [0.2, 0.25) is 0 Å². The largest absolute Gasteiger partial charge is 0.392 e. The Labute approximate surface area is 321 Å². The number of urea groups is 1. The Morgan fingerprint density at radius 3 is 2.07 bits per heavy atom. The van der Waals surface area contributed by atoms with Gasteiger partial charge in [-0.1, -0.05) is 104 Å². The van der Waals surface area contributed by atoms with Gasteiger partial charge >= 0.3 is 6.03 Å². The number of nitrogens with one attached hydrogen (secondary N) is 2. The molecule has 2 fully saturated rings. The van der Waals surface area contributed by atoms with Gasteiger partial charge in [-0.2, -0.15) is 0 Å². The van der Waals surface area contributed by atoms with E-state index in [4.69, 9.17) is 9.47 Å². The van der Waals surface area contributed by atoms with E-state index in [1.807, 2.05) is 78.9 Å². The second-order valence-electron chi connectivity index (χ2n) is 14.2. The Hall–Kier alpha value is -5.59. The van der Waals surface area contributed by atoms with Crippen LogP contribution < -0.4 is 15.5 Å². The number of carbonyl (C=O) groups excluding carboxylic acids is 1. The maximum absolute atomic E-state index is 12.4. The first kappa shape index (κ1) is 37.7. The van der Waals surface area contributed by atoms with Crippen molar-refractivity contribution in [3.63, 3.8) is 0 Å². The number of amides is 2. The van der Waals surface area contributed by atoms with Crippen molar-refractivity contribution in [3.05, 3.63) is 165 Å². The van der Waals surface area contributed by atoms with Gasteiger partial charge < -0.3 is 30.1 Å². The standard InChI is InChI=1S/C44H47N5O6/c1-31-41(29-47-22-24-48(25-23-47)39-18-20-40(21-19-39)49(52)53)54-43(55-42(31)36-12-10-33(30-50)11-13-36)37-16-14-35(15-17-37)38-9-5-8-34(26-38)28-46-44(51)45-27-32-6-3-2-4-7-32/h2-21,26,31,41-43,50H,22-25,27-30H2,1H3,(H2,45,46,51)/t31-,41+,42+,43+/m0/s1. The van der Waals surface area contributed by atoms with E-state index in [2.05, 4.69) is 63.8 Å². The lowest BCUT2D eigenvalue weighted by molar-refractivity contribution is -0.384. The highest BCUT2D eigenvalue weighted by molar-refractivity contribution is 5.74. The molecule has 0 bridgehead atoms. The smallest absolute Gasteiger partial charge is 0.315 e. The second kappa shape index (κ2) is 17.7. The number of ether oxygens (including phenoxy) is 2. The van der Waals surface area contributed by atoms with Crippen LogP contribution in [0.15, 0.2) is 127 Å². The van der Waals surface area contributed by atoms with E-state index in [0.717, 1.165) is 77.4 Å². The average Bonchev–Trinajstić information content (AvgIpc) is 3.24. The van der Waals surface area contributed by atoms with Crippen molar-refractivity contribution in [1.82, 2.24) is 15.5 Å². The molecule has 0 aliphatic carbocycles. The lowest BCUT2D eigenvalue weighted by atomic mass is 9.89. The highest BCUT2D eigenvalue weighted by Gasteiger charge is 2.39. The summed E-state index contributed by atoms with van der Waals surface area (Å²) in [6.07, 6.45) is -0.906. The van der Waals surface area contributed by atoms with Crippen molar-refractivity contribution in [2.45, 2.75) is 45.1 Å². The Balaban J connectivity index is 1.01. The van der Waals surface area contributed by atoms with Crippen LogP contribution in [0.4, 0.5) is 16.2 Å². The van der Waals surface area contributed by atoms with Crippen molar-refractivity contribution >= 4 is 17.4 Å². The highest BCUT2D eigenvalue weighted by Crippen LogP contribution is 2.42. The van der Waals surface area contributed by atoms with E-state index >= 15 is 0 Å². The van der Waals surface area contributed by atoms with Crippen LogP contribution >= 0.6 is 0 Å². The van der Waals surface area contributed by atoms with Crippen molar-refractivity contribution in [2.75, 3.05) is 37.6 Å². The maximum Gasteiger partial charge on any atom is 0.315 e. The first-order chi connectivity index (χ1) is 26.8. The number of aliphatic hydroxyl groups is 1. The predicted octanol–water partition coefficient (Wildman–Crippen LogP) is 7.37. The number of hydrogen-bond acceptors (Lipinski definition) is 8. The predicted molar refractivity (Wildman–Crippen MR) is 212 cm³/mol. The summed E-state index contributed by atoms with van der Waals surface area (Å²) >= 11 is 0. The molecule has 5 aromatic carbocycles. The third-order valence-electron chi connectivity index (χ3n) is 10.6. The van der Waals surface area contributed by atoms with Gasteiger partial charge in [0.1, 0.15) is 0 Å². The summed E-state index contributed by atoms with van der Waals surface area (Å²) in [5.74, 6) is 0.0555. The number of rotatable bonds is 12. The van der Waals surface area contributed by atoms with Gasteiger partial charge in [0.15, 0.2) is 6.29 Å². The van der Waals surface area contributed by atoms with E-state index in [1.54, 1.807) is 12.1 Å². The van der Waals surface area contributed by atoms with Crippen LogP contribution in [0, 0.1) is 16.0 Å². The molecule has 2 heterocycles. The van der Waals surface area contributed by atoms with Gasteiger partial charge in [-0.25, -0.2) is 4.79 Å². The van der Waals surface area contributed by atoms with Crippen LogP contribution in [0.25, 0.3) is 11.1 Å². The quantitative estimate of drug-likeness (QED) is 0.0894. The number of non-ortho nitro benzene ring substituents is 1. The molecule has 3 N–H and O–H groups in total. The number of piperazine rings is 1. The minimum Gasteiger partial charge on any atom is -0.392 e. The molecule has 11 heteroatoms. The van der Waals surface area contributed by atoms with Gasteiger partial charge in [-0.15, -0.1) is 0 Å². The van der Waals surface area contributed by atoms with Gasteiger partial charge in [0.25, 0.3) is 5.69 Å². The summed E-state index contributed by atoms with van der Waals surface area (Å²) < 4.78 is 13.5. The zero-order valence-corrected chi connectivity index (χ0v) is 30.9. The number of nitrogens with zero attached hydrogens (tertiary/aromatic N) is 3. The number of hydrogen-bond donors (Lipinski definition) is 3. The zero-order valence-electron chi connectivity index (χ0n) is 30.9. The normalized spacial score (nSPS) is 20.1. The molecule has 4 atom stereocenters. The number of nitro benzene ring substituents is 1. The number of benzene rings is 5. The lowest BCUT2D eigenvalue weighted by Crippen LogP contribution is -2.51. The molecule has 11 nitrogen and oxygen atoms in total. The molecule has 7 rings (SSSR count). The minimum atomic E-state index is -0.580. The van der Waals surface area contributed by atoms with E-state index < -0.39 is 6.29 Å². The highest BCUT2D eigenvalue weighted by atomic mass is 16.7. The second-order valence-corrected chi connectivity index (χ2v) is 14.2. The van der Waals surface area contributed by atoms with E-state index in [0.29, 0.717) is 13.1 Å². The summed E-state index contributed by atoms with van der Waals surface area (Å²) in [5.41, 5.74) is 8.03. The van der Waals surface area contributed by atoms with Gasteiger partial charge in [-0.05, 0) is 51.6 Å². The molecule has 5 aromatic rings. The molecule has 0 unspecified atom stereocenters. The molecule has 2 amide bonds. The van der Waals surface area contributed by atoms with Crippen LogP contribution in [0.3, 0.4) is 0 Å². The molecular weight excluding hydrogens is 695 g/mol. The number of nitro groups is 1. The van der Waals surface area contributed by atoms with E-state index in [9.17, 15) is 20.0 Å². The fourth-order valence-electron chi connectivity index (χ4n) is 7.27. The molecule has 0 spiro atoms. The summed E-state index contributed by atoms with van der Waals surface area (Å²) in [6.45, 7) is 7.07. The number of anilines is 1. The Bertz CT molecular complexity index is 2020. The Kier molecular flexibility index (Phi) is 12.1. The van der Waals surface area contributed by atoms with Crippen molar-refractivity contribution in [3.8, 4) is 11.1 Å². The van der Waals surface area contributed by atoms with Crippen LogP contribution in [0.2, 0.25) is 0 Å². The molecular formula is C44H47N5O6. The fraction of sp³-hybridized carbons (Fsp3) is 0.295. The van der Waals surface area contributed by atoms with Crippen LogP contribution in [0.1, 0.15) is 47.1 Å². The molecule has 0 aromatic heterocycles. The first-order valence-corrected chi connectivity index (χ1v) is 18.8. The van der Waals surface area contributed by atoms with Gasteiger partial charge in [0, 0.05) is 75.1 Å². The van der Waals surface area contributed by atoms with Crippen molar-refractivity contribution in [2.24, 2.45) is 5.92 Å². The lowest BCUT2D eigenvalue weighted by Gasteiger charge is -2.44. The molecule has 0 radical (unpaired) electrons. The summed E-state index contributed by atoms with van der Waals surface area (Å²) in [4.78, 5) is 27.9. The third kappa shape index (κ3) is 9.56. The topological polar surface area (TPSA) is 129 Å². The SMILES string of the molecule is C[C@H]1[C@@H](CN2CCN(c3ccc([N+](=O)[O-])cc3)CC2)O[C@@H](c2ccc(-c3cccc(CNC(=O)NCc4ccccc4)c3)cc2)O[C@H]1c1ccc(CO)cc1. The average molecular weight is 742 g/mol. The monoisotopic (exact) mass is 741 g/mol. The molecule has 0 saturated carbocycles. The molecule has 2 aliphatic heterocycles. The van der Waals surface area contributed by atoms with Gasteiger partial charge in [0.05, 0.1) is 23.7 Å². The molecule has 2 saturated heterocycles. The molecule has 55 heavy (non-hydrogen) atoms.